The van der Waals surface area contributed by atoms with Gasteiger partial charge >= 0.3 is 0 Å². The minimum absolute atomic E-state index is 0. The quantitative estimate of drug-likeness (QED) is 0.848. The Morgan fingerprint density at radius 1 is 1.60 bits per heavy atom. The molecule has 15 heavy (non-hydrogen) atoms. The maximum absolute atomic E-state index is 11.4. The van der Waals surface area contributed by atoms with Crippen LogP contribution in [-0.2, 0) is 11.2 Å². The van der Waals surface area contributed by atoms with Gasteiger partial charge in [0.25, 0.3) is 0 Å². The third-order valence-corrected chi connectivity index (χ3v) is 2.89. The molecule has 0 aliphatic carbocycles. The number of nitrogens with one attached hydrogen (secondary N) is 1. The predicted octanol–water partition coefficient (Wildman–Crippen LogP) is 1.48. The fraction of sp³-hybridized carbons (Fsp3) is 0.500. The van der Waals surface area contributed by atoms with Gasteiger partial charge < -0.3 is 11.1 Å². The molecule has 0 saturated carbocycles. The highest BCUT2D eigenvalue weighted by molar-refractivity contribution is 7.12. The van der Waals surface area contributed by atoms with Crippen LogP contribution < -0.4 is 11.1 Å². The van der Waals surface area contributed by atoms with Crippen LogP contribution in [0.2, 0.25) is 0 Å². The smallest absolute Gasteiger partial charge is 0.225 e. The molecule has 3 nitrogen and oxygen atoms in total. The number of nitrogens with two attached hydrogens (primary N) is 1. The van der Waals surface area contributed by atoms with Gasteiger partial charge in [-0.15, -0.1) is 23.7 Å². The van der Waals surface area contributed by atoms with Crippen LogP contribution in [0.15, 0.2) is 12.1 Å². The lowest BCUT2D eigenvalue weighted by molar-refractivity contribution is -0.120. The fourth-order valence-electron chi connectivity index (χ4n) is 1.12. The van der Waals surface area contributed by atoms with Crippen LogP contribution in [0.4, 0.5) is 0 Å². The summed E-state index contributed by atoms with van der Waals surface area (Å²) < 4.78 is 0. The topological polar surface area (TPSA) is 55.1 Å². The van der Waals surface area contributed by atoms with Gasteiger partial charge in [-0.3, -0.25) is 4.79 Å². The summed E-state index contributed by atoms with van der Waals surface area (Å²) in [5.74, 6) is 0.0461. The van der Waals surface area contributed by atoms with Gasteiger partial charge in [0.05, 0.1) is 6.42 Å². The van der Waals surface area contributed by atoms with Gasteiger partial charge in [-0.2, -0.15) is 0 Å². The summed E-state index contributed by atoms with van der Waals surface area (Å²) >= 11 is 1.66. The van der Waals surface area contributed by atoms with E-state index in [2.05, 4.69) is 5.32 Å². The molecule has 1 aromatic heterocycles. The summed E-state index contributed by atoms with van der Waals surface area (Å²) in [6.07, 6.45) is 0.461. The van der Waals surface area contributed by atoms with Crippen LogP contribution in [-0.4, -0.2) is 18.5 Å². The van der Waals surface area contributed by atoms with E-state index in [1.807, 2.05) is 26.0 Å². The molecule has 5 heteroatoms. The lowest BCUT2D eigenvalue weighted by Crippen LogP contribution is -2.38. The van der Waals surface area contributed by atoms with Crippen molar-refractivity contribution in [2.45, 2.75) is 26.3 Å². The van der Waals surface area contributed by atoms with Gasteiger partial charge in [-0.05, 0) is 26.0 Å². The second kappa shape index (κ2) is 6.82. The molecule has 0 radical (unpaired) electrons. The summed E-state index contributed by atoms with van der Waals surface area (Å²) in [4.78, 5) is 13.8. The molecule has 0 aromatic carbocycles. The highest BCUT2D eigenvalue weighted by Gasteiger charge is 2.07. The fourth-order valence-corrected chi connectivity index (χ4v) is 2.01. The first kappa shape index (κ1) is 14.4. The zero-order chi connectivity index (χ0) is 10.6. The van der Waals surface area contributed by atoms with E-state index < -0.39 is 0 Å². The lowest BCUT2D eigenvalue weighted by Gasteiger charge is -2.10. The first-order chi connectivity index (χ1) is 6.61. The highest BCUT2D eigenvalue weighted by atomic mass is 35.5. The van der Waals surface area contributed by atoms with Gasteiger partial charge in [0.1, 0.15) is 0 Å². The molecular weight excluding hydrogens is 232 g/mol. The molecule has 0 spiro atoms. The maximum Gasteiger partial charge on any atom is 0.225 e. The molecule has 0 saturated heterocycles. The van der Waals surface area contributed by atoms with E-state index in [0.717, 1.165) is 4.88 Å². The summed E-state index contributed by atoms with van der Waals surface area (Å²) in [6.45, 7) is 4.42. The van der Waals surface area contributed by atoms with Crippen molar-refractivity contribution >= 4 is 29.7 Å². The average Bonchev–Trinajstić information content (AvgIpc) is 2.50. The molecule has 0 bridgehead atoms. The highest BCUT2D eigenvalue weighted by Crippen LogP contribution is 2.15. The van der Waals surface area contributed by atoms with Crippen LogP contribution in [0.1, 0.15) is 16.7 Å². The van der Waals surface area contributed by atoms with Gasteiger partial charge in [0, 0.05) is 22.3 Å². The SMILES string of the molecule is Cc1ccc(CC(=O)N[C@@H](C)CN)s1.Cl. The first-order valence-corrected chi connectivity index (χ1v) is 5.48. The summed E-state index contributed by atoms with van der Waals surface area (Å²) in [6, 6.07) is 4.08. The number of aryl methyl sites for hydroxylation is 1. The molecule has 1 heterocycles. The Bertz CT molecular complexity index is 314. The summed E-state index contributed by atoms with van der Waals surface area (Å²) in [5, 5.41) is 2.83. The number of hydrogen-bond donors (Lipinski definition) is 2. The maximum atomic E-state index is 11.4. The van der Waals surface area contributed by atoms with E-state index in [-0.39, 0.29) is 24.4 Å². The van der Waals surface area contributed by atoms with E-state index in [1.54, 1.807) is 11.3 Å². The van der Waals surface area contributed by atoms with Crippen molar-refractivity contribution in [3.05, 3.63) is 21.9 Å². The summed E-state index contributed by atoms with van der Waals surface area (Å²) in [5.41, 5.74) is 5.41. The molecule has 1 aromatic rings. The standard InChI is InChI=1S/C10H16N2OS.ClH/c1-7(6-11)12-10(13)5-9-4-3-8(2)14-9;/h3-4,7H,5-6,11H2,1-2H3,(H,12,13);1H/t7-;/m0./s1. The van der Waals surface area contributed by atoms with Crippen molar-refractivity contribution in [3.63, 3.8) is 0 Å². The molecule has 1 rings (SSSR count). The minimum Gasteiger partial charge on any atom is -0.352 e. The van der Waals surface area contributed by atoms with Crippen molar-refractivity contribution in [1.82, 2.24) is 5.32 Å². The van der Waals surface area contributed by atoms with Gasteiger partial charge in [-0.25, -0.2) is 0 Å². The molecule has 0 aliphatic heterocycles. The lowest BCUT2D eigenvalue weighted by atomic mass is 10.3. The van der Waals surface area contributed by atoms with Crippen molar-refractivity contribution in [2.75, 3.05) is 6.54 Å². The van der Waals surface area contributed by atoms with Crippen molar-refractivity contribution in [3.8, 4) is 0 Å². The number of amides is 1. The first-order valence-electron chi connectivity index (χ1n) is 4.66. The Hall–Kier alpha value is -0.580. The number of thiophene rings is 1. The van der Waals surface area contributed by atoms with Crippen molar-refractivity contribution < 1.29 is 4.79 Å². The zero-order valence-corrected chi connectivity index (χ0v) is 10.6. The summed E-state index contributed by atoms with van der Waals surface area (Å²) in [7, 11) is 0. The zero-order valence-electron chi connectivity index (χ0n) is 8.95. The van der Waals surface area contributed by atoms with E-state index >= 15 is 0 Å². The van der Waals surface area contributed by atoms with Crippen molar-refractivity contribution in [2.24, 2.45) is 5.73 Å². The third kappa shape index (κ3) is 5.16. The van der Waals surface area contributed by atoms with E-state index in [4.69, 9.17) is 5.73 Å². The van der Waals surface area contributed by atoms with E-state index in [0.29, 0.717) is 13.0 Å². The molecular formula is C10H17ClN2OS. The van der Waals surface area contributed by atoms with Gasteiger partial charge in [0.15, 0.2) is 0 Å². The number of hydrogen-bond acceptors (Lipinski definition) is 3. The Morgan fingerprint density at radius 3 is 2.73 bits per heavy atom. The Morgan fingerprint density at radius 2 is 2.27 bits per heavy atom. The molecule has 3 N–H and O–H groups in total. The Labute approximate surface area is 100 Å². The number of carbonyl (C=O) groups is 1. The van der Waals surface area contributed by atoms with Crippen LogP contribution in [0.3, 0.4) is 0 Å². The molecule has 0 unspecified atom stereocenters. The molecule has 0 aliphatic rings. The number of carbonyl (C=O) groups excluding carboxylic acids is 1. The average molecular weight is 249 g/mol. The second-order valence-corrected chi connectivity index (χ2v) is 4.77. The minimum atomic E-state index is 0. The molecule has 0 fully saturated rings. The van der Waals surface area contributed by atoms with Crippen LogP contribution in [0, 0.1) is 6.92 Å². The van der Waals surface area contributed by atoms with Crippen LogP contribution >= 0.6 is 23.7 Å². The van der Waals surface area contributed by atoms with Crippen LogP contribution in [0.5, 0.6) is 0 Å². The predicted molar refractivity (Wildman–Crippen MR) is 66.7 cm³/mol. The number of halogens is 1. The monoisotopic (exact) mass is 248 g/mol. The Kier molecular flexibility index (Phi) is 6.56. The molecule has 86 valence electrons. The van der Waals surface area contributed by atoms with Crippen molar-refractivity contribution in [1.29, 1.82) is 0 Å². The molecule has 1 amide bonds. The van der Waals surface area contributed by atoms with E-state index in [1.165, 1.54) is 4.88 Å². The van der Waals surface area contributed by atoms with Gasteiger partial charge in [0.2, 0.25) is 5.91 Å². The number of rotatable bonds is 4. The Balaban J connectivity index is 0.00000196. The second-order valence-electron chi connectivity index (χ2n) is 3.39. The third-order valence-electron chi connectivity index (χ3n) is 1.89. The molecule has 1 atom stereocenters. The largest absolute Gasteiger partial charge is 0.352 e. The van der Waals surface area contributed by atoms with Crippen LogP contribution in [0.25, 0.3) is 0 Å². The van der Waals surface area contributed by atoms with Gasteiger partial charge in [-0.1, -0.05) is 0 Å². The van der Waals surface area contributed by atoms with E-state index in [9.17, 15) is 4.79 Å². The normalized spacial score (nSPS) is 11.7.